The Morgan fingerprint density at radius 1 is 1.00 bits per heavy atom. The fraction of sp³-hybridized carbons (Fsp3) is 0.833. The van der Waals surface area contributed by atoms with Gasteiger partial charge in [0.1, 0.15) is 0 Å². The van der Waals surface area contributed by atoms with E-state index < -0.39 is 24.5 Å². The molecule has 0 aliphatic rings. The van der Waals surface area contributed by atoms with Crippen molar-refractivity contribution in [1.29, 1.82) is 0 Å². The van der Waals surface area contributed by atoms with Gasteiger partial charge in [0.05, 0.1) is 6.42 Å². The normalized spacial score (nSPS) is 12.0. The van der Waals surface area contributed by atoms with E-state index in [0.29, 0.717) is 13.1 Å². The van der Waals surface area contributed by atoms with Crippen molar-refractivity contribution in [2.24, 2.45) is 0 Å². The van der Waals surface area contributed by atoms with Crippen LogP contribution in [0, 0.1) is 0 Å². The Labute approximate surface area is 124 Å². The van der Waals surface area contributed by atoms with Gasteiger partial charge in [-0.2, -0.15) is 0 Å². The Morgan fingerprint density at radius 2 is 1.52 bits per heavy atom. The van der Waals surface area contributed by atoms with E-state index in [-0.39, 0.29) is 0 Å². The number of hydrazine groups is 2. The summed E-state index contributed by atoms with van der Waals surface area (Å²) in [4.78, 5) is 31.7. The number of aliphatic hydroxyl groups is 1. The van der Waals surface area contributed by atoms with Gasteiger partial charge in [-0.15, -0.1) is 0 Å². The molecule has 0 aromatic rings. The summed E-state index contributed by atoms with van der Waals surface area (Å²) >= 11 is 0. The molecule has 21 heavy (non-hydrogen) atoms. The largest absolute Gasteiger partial charge is 0.381 e. The van der Waals surface area contributed by atoms with Crippen molar-refractivity contribution in [3.8, 4) is 0 Å². The lowest BCUT2D eigenvalue weighted by atomic mass is 10.3. The summed E-state index contributed by atoms with van der Waals surface area (Å²) in [5.41, 5.74) is 9.74. The highest BCUT2D eigenvalue weighted by Crippen LogP contribution is 1.95. The van der Waals surface area contributed by atoms with Gasteiger partial charge in [0.15, 0.2) is 6.10 Å². The molecule has 0 aliphatic carbocycles. The van der Waals surface area contributed by atoms with Gasteiger partial charge >= 0.3 is 11.9 Å². The van der Waals surface area contributed by atoms with Crippen molar-refractivity contribution in [2.45, 2.75) is 52.1 Å². The molecule has 0 saturated carbocycles. The Kier molecular flexibility index (Phi) is 12.9. The van der Waals surface area contributed by atoms with Gasteiger partial charge in [0.2, 0.25) is 0 Å². The molecule has 0 spiro atoms. The lowest BCUT2D eigenvalue weighted by Crippen LogP contribution is -2.40. The monoisotopic (exact) mass is 306 g/mol. The lowest BCUT2D eigenvalue weighted by Gasteiger charge is -2.11. The maximum atomic E-state index is 11.3. The number of hydrogen-bond acceptors (Lipinski definition) is 9. The first-order valence-corrected chi connectivity index (χ1v) is 7.15. The number of hydrogen-bond donors (Lipinski definition) is 5. The molecule has 1 atom stereocenters. The fourth-order valence-corrected chi connectivity index (χ4v) is 1.16. The van der Waals surface area contributed by atoms with Crippen molar-refractivity contribution < 1.29 is 24.4 Å². The van der Waals surface area contributed by atoms with Crippen LogP contribution < -0.4 is 22.0 Å². The van der Waals surface area contributed by atoms with Crippen LogP contribution in [0.1, 0.15) is 46.0 Å². The molecule has 9 nitrogen and oxygen atoms in total. The van der Waals surface area contributed by atoms with E-state index in [4.69, 9.17) is 0 Å². The zero-order valence-electron chi connectivity index (χ0n) is 12.6. The van der Waals surface area contributed by atoms with Crippen molar-refractivity contribution in [3.05, 3.63) is 0 Å². The second-order valence-electron chi connectivity index (χ2n) is 4.38. The maximum absolute atomic E-state index is 11.3. The van der Waals surface area contributed by atoms with Gasteiger partial charge in [-0.1, -0.05) is 37.9 Å². The molecule has 1 unspecified atom stereocenters. The van der Waals surface area contributed by atoms with Gasteiger partial charge in [-0.3, -0.25) is 4.79 Å². The summed E-state index contributed by atoms with van der Waals surface area (Å²) in [5.74, 6) is -1.74. The maximum Gasteiger partial charge on any atom is 0.355 e. The molecule has 0 radical (unpaired) electrons. The Balaban J connectivity index is 3.62. The molecule has 0 rings (SSSR count). The molecule has 0 heterocycles. The first kappa shape index (κ1) is 19.7. The molecular weight excluding hydrogens is 280 g/mol. The number of aliphatic hydroxyl groups excluding tert-OH is 1. The lowest BCUT2D eigenvalue weighted by molar-refractivity contribution is -0.170. The summed E-state index contributed by atoms with van der Waals surface area (Å²) in [5, 5.41) is 9.44. The number of nitrogens with one attached hydrogen (secondary N) is 4. The first-order chi connectivity index (χ1) is 10.1. The molecule has 124 valence electrons. The van der Waals surface area contributed by atoms with Crippen LogP contribution in [0.25, 0.3) is 0 Å². The standard InChI is InChI=1S/C12H26N4O5/c1-3-5-7-13-15-20-11(18)9-10(17)12(19)21-16-14-8-6-4-2/h10,13-17H,3-9H2,1-2H3. The second-order valence-corrected chi connectivity index (χ2v) is 4.38. The summed E-state index contributed by atoms with van der Waals surface area (Å²) in [6, 6.07) is 0. The molecule has 0 fully saturated rings. The van der Waals surface area contributed by atoms with E-state index in [1.54, 1.807) is 0 Å². The summed E-state index contributed by atoms with van der Waals surface area (Å²) in [6.45, 7) is 5.31. The highest BCUT2D eigenvalue weighted by molar-refractivity contribution is 5.81. The quantitative estimate of drug-likeness (QED) is 0.225. The summed E-state index contributed by atoms with van der Waals surface area (Å²) in [6.07, 6.45) is 1.75. The summed E-state index contributed by atoms with van der Waals surface area (Å²) < 4.78 is 0. The van der Waals surface area contributed by atoms with Gasteiger partial charge in [0.25, 0.3) is 0 Å². The fourth-order valence-electron chi connectivity index (χ4n) is 1.16. The van der Waals surface area contributed by atoms with Gasteiger partial charge in [-0.05, 0) is 12.8 Å². The predicted molar refractivity (Wildman–Crippen MR) is 74.9 cm³/mol. The third-order valence-electron chi connectivity index (χ3n) is 2.40. The number of carbonyl (C=O) groups is 2. The molecule has 0 saturated heterocycles. The minimum atomic E-state index is -1.59. The molecule has 0 aromatic carbocycles. The summed E-state index contributed by atoms with van der Waals surface area (Å²) in [7, 11) is 0. The molecule has 0 aliphatic heterocycles. The number of unbranched alkanes of at least 4 members (excludes halogenated alkanes) is 2. The van der Waals surface area contributed by atoms with E-state index in [1.807, 2.05) is 13.8 Å². The van der Waals surface area contributed by atoms with Crippen molar-refractivity contribution in [3.63, 3.8) is 0 Å². The van der Waals surface area contributed by atoms with E-state index in [2.05, 4.69) is 31.7 Å². The van der Waals surface area contributed by atoms with Crippen LogP contribution in [-0.2, 0) is 19.3 Å². The molecule has 0 aromatic heterocycles. The first-order valence-electron chi connectivity index (χ1n) is 7.15. The third-order valence-corrected chi connectivity index (χ3v) is 2.40. The van der Waals surface area contributed by atoms with Crippen molar-refractivity contribution in [2.75, 3.05) is 13.1 Å². The molecule has 5 N–H and O–H groups in total. The third kappa shape index (κ3) is 12.2. The zero-order chi connectivity index (χ0) is 15.9. The SMILES string of the molecule is CCCCNNOC(=O)CC(O)C(=O)ONNCCCC. The highest BCUT2D eigenvalue weighted by Gasteiger charge is 2.22. The van der Waals surface area contributed by atoms with Crippen LogP contribution in [0.4, 0.5) is 0 Å². The predicted octanol–water partition coefficient (Wildman–Crippen LogP) is -0.558. The Hall–Kier alpha value is -1.26. The van der Waals surface area contributed by atoms with Crippen molar-refractivity contribution >= 4 is 11.9 Å². The number of carbonyl (C=O) groups excluding carboxylic acids is 2. The molecule has 9 heteroatoms. The van der Waals surface area contributed by atoms with Crippen LogP contribution in [0.2, 0.25) is 0 Å². The number of rotatable bonds is 13. The smallest absolute Gasteiger partial charge is 0.355 e. The molecular formula is C12H26N4O5. The van der Waals surface area contributed by atoms with E-state index in [1.165, 1.54) is 0 Å². The van der Waals surface area contributed by atoms with Crippen LogP contribution in [0.5, 0.6) is 0 Å². The molecule has 0 amide bonds. The Morgan fingerprint density at radius 3 is 2.05 bits per heavy atom. The highest BCUT2D eigenvalue weighted by atomic mass is 16.7. The average Bonchev–Trinajstić information content (AvgIpc) is 2.46. The van der Waals surface area contributed by atoms with Gasteiger partial charge < -0.3 is 14.8 Å². The van der Waals surface area contributed by atoms with E-state index in [9.17, 15) is 14.7 Å². The van der Waals surface area contributed by atoms with Crippen LogP contribution >= 0.6 is 0 Å². The van der Waals surface area contributed by atoms with E-state index in [0.717, 1.165) is 25.7 Å². The minimum absolute atomic E-state index is 0.502. The van der Waals surface area contributed by atoms with Gasteiger partial charge in [0, 0.05) is 13.1 Å². The van der Waals surface area contributed by atoms with Crippen molar-refractivity contribution in [1.82, 2.24) is 22.0 Å². The van der Waals surface area contributed by atoms with Gasteiger partial charge in [-0.25, -0.2) is 15.6 Å². The second kappa shape index (κ2) is 13.7. The van der Waals surface area contributed by atoms with E-state index >= 15 is 0 Å². The van der Waals surface area contributed by atoms with Crippen LogP contribution in [-0.4, -0.2) is 36.2 Å². The van der Waals surface area contributed by atoms with Crippen LogP contribution in [0.3, 0.4) is 0 Å². The minimum Gasteiger partial charge on any atom is -0.381 e. The topological polar surface area (TPSA) is 121 Å². The zero-order valence-corrected chi connectivity index (χ0v) is 12.6. The average molecular weight is 306 g/mol. The Bertz CT molecular complexity index is 291. The molecule has 0 bridgehead atoms. The van der Waals surface area contributed by atoms with Crippen LogP contribution in [0.15, 0.2) is 0 Å².